The number of hydrogen-bond acceptors (Lipinski definition) is 5. The molecule has 5 rings (SSSR count). The Hall–Kier alpha value is -2.74. The van der Waals surface area contributed by atoms with Crippen LogP contribution in [0, 0.1) is 0 Å². The second-order valence-electron chi connectivity index (χ2n) is 8.46. The van der Waals surface area contributed by atoms with Crippen LogP contribution in [0.1, 0.15) is 42.4 Å². The molecular weight excluding hydrogens is 419 g/mol. The Labute approximate surface area is 185 Å². The first kappa shape index (κ1) is 21.1. The lowest BCUT2D eigenvalue weighted by Crippen LogP contribution is -2.32. The first-order valence-corrected chi connectivity index (χ1v) is 11.2. The van der Waals surface area contributed by atoms with Gasteiger partial charge < -0.3 is 14.5 Å². The van der Waals surface area contributed by atoms with Gasteiger partial charge in [0, 0.05) is 30.6 Å². The number of benzene rings is 2. The van der Waals surface area contributed by atoms with Crippen molar-refractivity contribution < 1.29 is 22.7 Å². The fourth-order valence-corrected chi connectivity index (χ4v) is 4.72. The fourth-order valence-electron chi connectivity index (χ4n) is 4.72. The minimum atomic E-state index is -4.41. The Bertz CT molecular complexity index is 1020. The number of alkyl halides is 3. The van der Waals surface area contributed by atoms with E-state index >= 15 is 0 Å². The third-order valence-corrected chi connectivity index (χ3v) is 6.36. The minimum absolute atomic E-state index is 0.293. The molecule has 3 aliphatic heterocycles. The van der Waals surface area contributed by atoms with Crippen LogP contribution in [0.3, 0.4) is 0 Å². The first-order valence-electron chi connectivity index (χ1n) is 11.2. The third-order valence-electron chi connectivity index (χ3n) is 6.36. The molecule has 0 aromatic heterocycles. The van der Waals surface area contributed by atoms with Crippen molar-refractivity contribution >= 4 is 17.1 Å². The highest BCUT2D eigenvalue weighted by molar-refractivity contribution is 6.08. The SMILES string of the molecule is FC(F)(F)c1ccc2c(c1)N1CC/C(=N/OCCN3CCCCC3)c3cccc(c31)CO2. The molecule has 0 saturated carbocycles. The highest BCUT2D eigenvalue weighted by Crippen LogP contribution is 2.45. The number of para-hydroxylation sites is 1. The van der Waals surface area contributed by atoms with Crippen LogP contribution in [0.25, 0.3) is 0 Å². The van der Waals surface area contributed by atoms with E-state index in [0.717, 1.165) is 48.2 Å². The van der Waals surface area contributed by atoms with E-state index < -0.39 is 11.7 Å². The number of hydrogen-bond donors (Lipinski definition) is 0. The van der Waals surface area contributed by atoms with Gasteiger partial charge in [0.25, 0.3) is 0 Å². The van der Waals surface area contributed by atoms with Crippen LogP contribution in [0.15, 0.2) is 41.6 Å². The molecule has 5 nitrogen and oxygen atoms in total. The summed E-state index contributed by atoms with van der Waals surface area (Å²) in [4.78, 5) is 9.99. The zero-order chi connectivity index (χ0) is 22.1. The summed E-state index contributed by atoms with van der Waals surface area (Å²) in [5.41, 5.74) is 3.26. The Balaban J connectivity index is 1.41. The van der Waals surface area contributed by atoms with Crippen LogP contribution in [0.2, 0.25) is 0 Å². The van der Waals surface area contributed by atoms with Crippen molar-refractivity contribution in [2.45, 2.75) is 38.5 Å². The molecule has 0 amide bonds. The summed E-state index contributed by atoms with van der Waals surface area (Å²) in [6.07, 6.45) is -0.0586. The molecule has 1 fully saturated rings. The summed E-state index contributed by atoms with van der Waals surface area (Å²) in [6.45, 7) is 4.41. The van der Waals surface area contributed by atoms with Crippen molar-refractivity contribution in [1.29, 1.82) is 0 Å². The van der Waals surface area contributed by atoms with E-state index in [0.29, 0.717) is 37.6 Å². The van der Waals surface area contributed by atoms with Crippen LogP contribution in [0.5, 0.6) is 5.75 Å². The van der Waals surface area contributed by atoms with E-state index in [-0.39, 0.29) is 0 Å². The number of rotatable bonds is 4. The zero-order valence-electron chi connectivity index (χ0n) is 17.8. The predicted molar refractivity (Wildman–Crippen MR) is 117 cm³/mol. The minimum Gasteiger partial charge on any atom is -0.487 e. The molecular formula is C24H26F3N3O2. The standard InChI is InChI=1S/C24H26F3N3O2/c25-24(26,27)18-7-8-22-21(15-18)30-12-9-20(19-6-4-5-17(16-31-22)23(19)30)28-32-14-13-29-10-2-1-3-11-29/h4-8,15H,1-3,9-14,16H2/b28-20-. The van der Waals surface area contributed by atoms with Crippen LogP contribution >= 0.6 is 0 Å². The number of piperidine rings is 1. The van der Waals surface area contributed by atoms with Crippen molar-refractivity contribution in [2.75, 3.05) is 37.7 Å². The van der Waals surface area contributed by atoms with Crippen molar-refractivity contribution in [3.05, 3.63) is 53.1 Å². The van der Waals surface area contributed by atoms with E-state index in [9.17, 15) is 13.2 Å². The molecule has 2 aromatic rings. The first-order chi connectivity index (χ1) is 15.5. The monoisotopic (exact) mass is 445 g/mol. The van der Waals surface area contributed by atoms with E-state index in [2.05, 4.69) is 10.1 Å². The zero-order valence-corrected chi connectivity index (χ0v) is 17.8. The number of halogens is 3. The van der Waals surface area contributed by atoms with Crippen LogP contribution < -0.4 is 9.64 Å². The van der Waals surface area contributed by atoms with Crippen LogP contribution in [-0.4, -0.2) is 43.4 Å². The van der Waals surface area contributed by atoms with Crippen molar-refractivity contribution in [3.63, 3.8) is 0 Å². The van der Waals surface area contributed by atoms with Gasteiger partial charge in [-0.2, -0.15) is 13.2 Å². The second kappa shape index (κ2) is 8.65. The van der Waals surface area contributed by atoms with Gasteiger partial charge in [-0.3, -0.25) is 4.90 Å². The molecule has 0 bridgehead atoms. The van der Waals surface area contributed by atoms with E-state index in [4.69, 9.17) is 9.57 Å². The molecule has 170 valence electrons. The topological polar surface area (TPSA) is 37.3 Å². The molecule has 8 heteroatoms. The Morgan fingerprint density at radius 3 is 2.69 bits per heavy atom. The molecule has 1 saturated heterocycles. The highest BCUT2D eigenvalue weighted by Gasteiger charge is 2.35. The molecule has 3 aliphatic rings. The maximum atomic E-state index is 13.4. The Morgan fingerprint density at radius 1 is 1.03 bits per heavy atom. The summed E-state index contributed by atoms with van der Waals surface area (Å²) in [5.74, 6) is 0.457. The summed E-state index contributed by atoms with van der Waals surface area (Å²) in [6, 6.07) is 9.50. The molecule has 2 aromatic carbocycles. The average molecular weight is 445 g/mol. The van der Waals surface area contributed by atoms with Gasteiger partial charge in [0.2, 0.25) is 0 Å². The average Bonchev–Trinajstić information content (AvgIpc) is 2.96. The number of anilines is 2. The normalized spacial score (nSPS) is 19.7. The predicted octanol–water partition coefficient (Wildman–Crippen LogP) is 5.35. The number of ether oxygens (including phenoxy) is 1. The van der Waals surface area contributed by atoms with Gasteiger partial charge in [-0.05, 0) is 44.1 Å². The van der Waals surface area contributed by atoms with Gasteiger partial charge >= 0.3 is 6.18 Å². The lowest BCUT2D eigenvalue weighted by Gasteiger charge is -2.32. The molecule has 3 heterocycles. The number of oxime groups is 1. The van der Waals surface area contributed by atoms with E-state index in [1.807, 2.05) is 23.1 Å². The lowest BCUT2D eigenvalue weighted by molar-refractivity contribution is -0.137. The van der Waals surface area contributed by atoms with Crippen molar-refractivity contribution in [1.82, 2.24) is 4.90 Å². The number of nitrogens with zero attached hydrogens (tertiary/aromatic N) is 3. The fraction of sp³-hybridized carbons (Fsp3) is 0.458. The van der Waals surface area contributed by atoms with E-state index in [1.54, 1.807) is 0 Å². The van der Waals surface area contributed by atoms with Gasteiger partial charge in [0.1, 0.15) is 19.0 Å². The maximum absolute atomic E-state index is 13.4. The van der Waals surface area contributed by atoms with Gasteiger partial charge in [0.15, 0.2) is 0 Å². The van der Waals surface area contributed by atoms with Gasteiger partial charge in [-0.15, -0.1) is 0 Å². The molecule has 0 aliphatic carbocycles. The van der Waals surface area contributed by atoms with Crippen LogP contribution in [-0.2, 0) is 17.6 Å². The quantitative estimate of drug-likeness (QED) is 0.470. The molecule has 0 spiro atoms. The van der Waals surface area contributed by atoms with Crippen molar-refractivity contribution in [3.8, 4) is 5.75 Å². The van der Waals surface area contributed by atoms with E-state index in [1.165, 1.54) is 31.4 Å². The summed E-state index contributed by atoms with van der Waals surface area (Å²) in [7, 11) is 0. The van der Waals surface area contributed by atoms with Gasteiger partial charge in [-0.25, -0.2) is 0 Å². The molecule has 0 N–H and O–H groups in total. The van der Waals surface area contributed by atoms with Gasteiger partial charge in [-0.1, -0.05) is 29.8 Å². The third kappa shape index (κ3) is 4.16. The molecule has 0 unspecified atom stereocenters. The van der Waals surface area contributed by atoms with Gasteiger partial charge in [0.05, 0.1) is 22.6 Å². The largest absolute Gasteiger partial charge is 0.487 e. The van der Waals surface area contributed by atoms with Crippen LogP contribution in [0.4, 0.5) is 24.5 Å². The number of fused-ring (bicyclic) bond motifs is 2. The Kier molecular flexibility index (Phi) is 5.71. The summed E-state index contributed by atoms with van der Waals surface area (Å²) < 4.78 is 45.9. The maximum Gasteiger partial charge on any atom is 0.416 e. The Morgan fingerprint density at radius 2 is 1.88 bits per heavy atom. The second-order valence-corrected chi connectivity index (χ2v) is 8.46. The lowest BCUT2D eigenvalue weighted by atomic mass is 9.95. The summed E-state index contributed by atoms with van der Waals surface area (Å²) in [5, 5.41) is 4.43. The molecule has 32 heavy (non-hydrogen) atoms. The molecule has 0 radical (unpaired) electrons. The van der Waals surface area contributed by atoms with Crippen molar-refractivity contribution in [2.24, 2.45) is 5.16 Å². The highest BCUT2D eigenvalue weighted by atomic mass is 19.4. The molecule has 0 atom stereocenters. The number of likely N-dealkylation sites (tertiary alicyclic amines) is 1. The smallest absolute Gasteiger partial charge is 0.416 e. The summed E-state index contributed by atoms with van der Waals surface area (Å²) >= 11 is 0.